The van der Waals surface area contributed by atoms with Gasteiger partial charge in [-0.1, -0.05) is 30.3 Å². The van der Waals surface area contributed by atoms with Gasteiger partial charge in [-0.25, -0.2) is 0 Å². The zero-order valence-electron chi connectivity index (χ0n) is 20.0. The molecule has 0 aliphatic carbocycles. The van der Waals surface area contributed by atoms with Crippen LogP contribution < -0.4 is 20.3 Å². The van der Waals surface area contributed by atoms with Crippen LogP contribution in [0.3, 0.4) is 0 Å². The Bertz CT molecular complexity index is 1500. The van der Waals surface area contributed by atoms with E-state index in [1.165, 1.54) is 0 Å². The van der Waals surface area contributed by atoms with Crippen LogP contribution in [0.2, 0.25) is 0 Å². The number of ether oxygens (including phenoxy) is 2. The fraction of sp³-hybridized carbons (Fsp3) is 0.214. The van der Waals surface area contributed by atoms with Gasteiger partial charge in [0.1, 0.15) is 0 Å². The fourth-order valence-corrected chi connectivity index (χ4v) is 4.57. The number of aryl methyl sites for hydroxylation is 3. The van der Waals surface area contributed by atoms with Crippen LogP contribution in [0, 0.1) is 20.8 Å². The summed E-state index contributed by atoms with van der Waals surface area (Å²) in [6.07, 6.45) is 0. The van der Waals surface area contributed by atoms with Gasteiger partial charge in [0, 0.05) is 23.2 Å². The van der Waals surface area contributed by atoms with Crippen LogP contribution in [-0.4, -0.2) is 21.8 Å². The Morgan fingerprint density at radius 3 is 2.60 bits per heavy atom. The van der Waals surface area contributed by atoms with E-state index in [-0.39, 0.29) is 12.4 Å². The highest BCUT2D eigenvalue weighted by Crippen LogP contribution is 2.33. The van der Waals surface area contributed by atoms with Gasteiger partial charge in [-0.05, 0) is 85.6 Å². The highest BCUT2D eigenvalue weighted by atomic mass is 32.1. The summed E-state index contributed by atoms with van der Waals surface area (Å²) in [5.74, 6) is 1.45. The lowest BCUT2D eigenvalue weighted by Gasteiger charge is -2.26. The lowest BCUT2D eigenvalue weighted by atomic mass is 10.0. The SMILES string of the molecule is Cc1cccc(NC(=S)N(Cc2ccc3c(c2)OCO3)Cc2cc3c(C)ccc(C)c3[nH]c2=O)c1. The Kier molecular flexibility index (Phi) is 6.17. The van der Waals surface area contributed by atoms with Crippen LogP contribution >= 0.6 is 12.2 Å². The molecule has 1 aromatic heterocycles. The Morgan fingerprint density at radius 2 is 1.77 bits per heavy atom. The standard InChI is InChI=1S/C28H27N3O3S/c1-17-5-4-6-22(11-17)29-28(35)31(14-20-9-10-24-25(12-20)34-16-33-24)15-21-13-23-18(2)7-8-19(3)26(23)30-27(21)32/h4-13H,14-16H2,1-3H3,(H,29,35)(H,30,32). The monoisotopic (exact) mass is 485 g/mol. The molecule has 0 spiro atoms. The molecule has 0 saturated heterocycles. The van der Waals surface area contributed by atoms with Gasteiger partial charge >= 0.3 is 0 Å². The maximum absolute atomic E-state index is 13.1. The summed E-state index contributed by atoms with van der Waals surface area (Å²) in [5, 5.41) is 4.92. The van der Waals surface area contributed by atoms with Crippen molar-refractivity contribution >= 4 is 33.9 Å². The lowest BCUT2D eigenvalue weighted by molar-refractivity contribution is 0.174. The summed E-state index contributed by atoms with van der Waals surface area (Å²) in [6, 6.07) is 20.0. The number of rotatable bonds is 5. The van der Waals surface area contributed by atoms with Gasteiger partial charge in [-0.3, -0.25) is 4.79 Å². The van der Waals surface area contributed by atoms with Gasteiger partial charge in [-0.15, -0.1) is 0 Å². The van der Waals surface area contributed by atoms with Crippen LogP contribution in [0.4, 0.5) is 5.69 Å². The number of hydrogen-bond acceptors (Lipinski definition) is 4. The van der Waals surface area contributed by atoms with Gasteiger partial charge < -0.3 is 24.7 Å². The van der Waals surface area contributed by atoms with Crippen LogP contribution in [0.5, 0.6) is 11.5 Å². The van der Waals surface area contributed by atoms with E-state index in [1.807, 2.05) is 73.3 Å². The first-order chi connectivity index (χ1) is 16.9. The normalized spacial score (nSPS) is 12.1. The minimum absolute atomic E-state index is 0.111. The van der Waals surface area contributed by atoms with Crippen molar-refractivity contribution < 1.29 is 9.47 Å². The summed E-state index contributed by atoms with van der Waals surface area (Å²) < 4.78 is 11.0. The molecule has 3 aromatic carbocycles. The number of nitrogens with one attached hydrogen (secondary N) is 2. The van der Waals surface area contributed by atoms with E-state index in [9.17, 15) is 4.79 Å². The Morgan fingerprint density at radius 1 is 0.971 bits per heavy atom. The minimum atomic E-state index is -0.111. The second-order valence-electron chi connectivity index (χ2n) is 8.96. The first-order valence-electron chi connectivity index (χ1n) is 11.5. The van der Waals surface area contributed by atoms with Gasteiger partial charge in [0.2, 0.25) is 6.79 Å². The topological polar surface area (TPSA) is 66.6 Å². The summed E-state index contributed by atoms with van der Waals surface area (Å²) in [7, 11) is 0. The molecule has 1 aliphatic rings. The van der Waals surface area contributed by atoms with Crippen LogP contribution in [0.15, 0.2) is 65.5 Å². The molecule has 0 fully saturated rings. The molecule has 2 heterocycles. The molecule has 0 amide bonds. The highest BCUT2D eigenvalue weighted by Gasteiger charge is 2.18. The maximum atomic E-state index is 13.1. The number of aromatic nitrogens is 1. The third kappa shape index (κ3) is 4.86. The summed E-state index contributed by atoms with van der Waals surface area (Å²) in [4.78, 5) is 18.2. The predicted molar refractivity (Wildman–Crippen MR) is 143 cm³/mol. The Labute approximate surface area is 209 Å². The number of nitrogens with zero attached hydrogens (tertiary/aromatic N) is 1. The molecule has 0 bridgehead atoms. The number of H-pyrrole nitrogens is 1. The van der Waals surface area contributed by atoms with Crippen molar-refractivity contribution in [1.29, 1.82) is 0 Å². The van der Waals surface area contributed by atoms with E-state index in [2.05, 4.69) is 23.3 Å². The average Bonchev–Trinajstić information content (AvgIpc) is 3.30. The number of anilines is 1. The summed E-state index contributed by atoms with van der Waals surface area (Å²) in [6.45, 7) is 7.17. The van der Waals surface area contributed by atoms with E-state index < -0.39 is 0 Å². The molecule has 0 radical (unpaired) electrons. The smallest absolute Gasteiger partial charge is 0.253 e. The van der Waals surface area contributed by atoms with Gasteiger partial charge in [0.15, 0.2) is 16.6 Å². The van der Waals surface area contributed by atoms with E-state index in [0.29, 0.717) is 23.8 Å². The van der Waals surface area contributed by atoms with Crippen LogP contribution in [0.25, 0.3) is 10.9 Å². The van der Waals surface area contributed by atoms with Crippen molar-refractivity contribution in [2.45, 2.75) is 33.9 Å². The van der Waals surface area contributed by atoms with Gasteiger partial charge in [0.05, 0.1) is 12.1 Å². The van der Waals surface area contributed by atoms with Crippen molar-refractivity contribution in [3.8, 4) is 11.5 Å². The zero-order chi connectivity index (χ0) is 24.5. The Balaban J connectivity index is 1.49. The fourth-order valence-electron chi connectivity index (χ4n) is 4.33. The molecular weight excluding hydrogens is 458 g/mol. The number of aromatic amines is 1. The predicted octanol–water partition coefficient (Wildman–Crippen LogP) is 5.58. The molecule has 35 heavy (non-hydrogen) atoms. The second-order valence-corrected chi connectivity index (χ2v) is 9.34. The zero-order valence-corrected chi connectivity index (χ0v) is 20.8. The molecular formula is C28H27N3O3S. The third-order valence-electron chi connectivity index (χ3n) is 6.25. The molecule has 7 heteroatoms. The van der Waals surface area contributed by atoms with Crippen LogP contribution in [-0.2, 0) is 13.1 Å². The van der Waals surface area contributed by atoms with Gasteiger partial charge in [-0.2, -0.15) is 0 Å². The lowest BCUT2D eigenvalue weighted by Crippen LogP contribution is -2.35. The second kappa shape index (κ2) is 9.43. The number of benzene rings is 3. The molecule has 0 unspecified atom stereocenters. The van der Waals surface area contributed by atoms with E-state index in [0.717, 1.165) is 50.3 Å². The van der Waals surface area contributed by atoms with Gasteiger partial charge in [0.25, 0.3) is 5.56 Å². The van der Waals surface area contributed by atoms with Crippen molar-refractivity contribution in [2.75, 3.05) is 12.1 Å². The molecule has 5 rings (SSSR count). The number of fused-ring (bicyclic) bond motifs is 2. The summed E-state index contributed by atoms with van der Waals surface area (Å²) in [5.41, 5.74) is 6.63. The van der Waals surface area contributed by atoms with E-state index >= 15 is 0 Å². The average molecular weight is 486 g/mol. The first-order valence-corrected chi connectivity index (χ1v) is 11.9. The summed E-state index contributed by atoms with van der Waals surface area (Å²) >= 11 is 5.83. The van der Waals surface area contributed by atoms with E-state index in [1.54, 1.807) is 0 Å². The Hall–Kier alpha value is -3.84. The minimum Gasteiger partial charge on any atom is -0.454 e. The number of pyridine rings is 1. The number of thiocarbonyl (C=S) groups is 1. The molecule has 6 nitrogen and oxygen atoms in total. The number of hydrogen-bond donors (Lipinski definition) is 2. The van der Waals surface area contributed by atoms with Crippen molar-refractivity contribution in [3.63, 3.8) is 0 Å². The molecule has 0 atom stereocenters. The van der Waals surface area contributed by atoms with E-state index in [4.69, 9.17) is 21.7 Å². The molecule has 1 aliphatic heterocycles. The van der Waals surface area contributed by atoms with Crippen molar-refractivity contribution in [1.82, 2.24) is 9.88 Å². The first kappa shape index (κ1) is 22.9. The van der Waals surface area contributed by atoms with Crippen molar-refractivity contribution in [3.05, 3.63) is 98.8 Å². The maximum Gasteiger partial charge on any atom is 0.253 e. The largest absolute Gasteiger partial charge is 0.454 e. The molecule has 0 saturated carbocycles. The molecule has 178 valence electrons. The van der Waals surface area contributed by atoms with Crippen molar-refractivity contribution in [2.24, 2.45) is 0 Å². The molecule has 4 aromatic rings. The third-order valence-corrected chi connectivity index (χ3v) is 6.61. The quantitative estimate of drug-likeness (QED) is 0.360. The highest BCUT2D eigenvalue weighted by molar-refractivity contribution is 7.80. The molecule has 2 N–H and O–H groups in total. The van der Waals surface area contributed by atoms with Crippen LogP contribution in [0.1, 0.15) is 27.8 Å².